The average molecular weight is 386 g/mol. The number of isocyanates is 2. The van der Waals surface area contributed by atoms with Crippen LogP contribution in [0, 0.1) is 0 Å². The Bertz CT molecular complexity index is 769. The Hall–Kier alpha value is -2.33. The Balaban J connectivity index is 2.11. The van der Waals surface area contributed by atoms with Crippen molar-refractivity contribution in [3.05, 3.63) is 46.3 Å². The smallest absolute Gasteiger partial charge is 0.211 e. The zero-order valence-corrected chi connectivity index (χ0v) is 15.2. The summed E-state index contributed by atoms with van der Waals surface area (Å²) < 4.78 is 0. The van der Waals surface area contributed by atoms with Gasteiger partial charge in [-0.25, -0.2) is 9.59 Å². The first kappa shape index (κ1) is 19.0. The number of nitrogens with zero attached hydrogens (tertiary/aromatic N) is 4. The predicted molar refractivity (Wildman–Crippen MR) is 103 cm³/mol. The third kappa shape index (κ3) is 4.83. The number of thioether (sulfide) groups is 1. The van der Waals surface area contributed by atoms with Crippen LogP contribution in [0.2, 0.25) is 0 Å². The highest BCUT2D eigenvalue weighted by atomic mass is 32.2. The molecule has 0 aliphatic heterocycles. The lowest BCUT2D eigenvalue weighted by atomic mass is 10.0. The number of allylic oxidation sites excluding steroid dienone is 2. The molecule has 6 nitrogen and oxygen atoms in total. The summed E-state index contributed by atoms with van der Waals surface area (Å²) in [6, 6.07) is 0. The number of isothiocyanates is 2. The second-order valence-corrected chi connectivity index (χ2v) is 6.47. The molecule has 2 atom stereocenters. The molecule has 9 heteroatoms. The van der Waals surface area contributed by atoms with Crippen molar-refractivity contribution in [2.24, 2.45) is 20.0 Å². The minimum atomic E-state index is -1.05. The minimum Gasteiger partial charge on any atom is -0.211 e. The first-order valence-corrected chi connectivity index (χ1v) is 8.57. The molecule has 0 saturated heterocycles. The Morgan fingerprint density at radius 2 is 1.28 bits per heavy atom. The van der Waals surface area contributed by atoms with Crippen molar-refractivity contribution < 1.29 is 9.59 Å². The van der Waals surface area contributed by atoms with Crippen molar-refractivity contribution in [3.63, 3.8) is 0 Å². The molecule has 0 aromatic carbocycles. The van der Waals surface area contributed by atoms with Gasteiger partial charge in [0.2, 0.25) is 12.2 Å². The lowest BCUT2D eigenvalue weighted by Gasteiger charge is -2.23. The normalized spacial score (nSPS) is 26.7. The zero-order valence-electron chi connectivity index (χ0n) is 12.7. The van der Waals surface area contributed by atoms with E-state index in [9.17, 15) is 9.59 Å². The maximum atomic E-state index is 10.6. The Morgan fingerprint density at radius 1 is 0.840 bits per heavy atom. The maximum Gasteiger partial charge on any atom is 0.237 e. The van der Waals surface area contributed by atoms with E-state index in [1.807, 2.05) is 12.2 Å². The van der Waals surface area contributed by atoms with Crippen molar-refractivity contribution in [1.29, 1.82) is 0 Å². The van der Waals surface area contributed by atoms with Gasteiger partial charge in [0.25, 0.3) is 0 Å². The number of hydrogen-bond donors (Lipinski definition) is 0. The topological polar surface area (TPSA) is 83.6 Å². The largest absolute Gasteiger partial charge is 0.237 e. The van der Waals surface area contributed by atoms with Gasteiger partial charge < -0.3 is 0 Å². The summed E-state index contributed by atoms with van der Waals surface area (Å²) in [6.45, 7) is 0. The van der Waals surface area contributed by atoms with Crippen LogP contribution in [-0.4, -0.2) is 33.8 Å². The molecule has 0 aromatic heterocycles. The lowest BCUT2D eigenvalue weighted by Crippen LogP contribution is -2.22. The van der Waals surface area contributed by atoms with Crippen LogP contribution in [0.15, 0.2) is 66.2 Å². The zero-order chi connectivity index (χ0) is 18.2. The molecule has 2 rings (SSSR count). The van der Waals surface area contributed by atoms with E-state index in [4.69, 9.17) is 0 Å². The summed E-state index contributed by atoms with van der Waals surface area (Å²) in [5, 5.41) is 4.50. The van der Waals surface area contributed by atoms with Gasteiger partial charge in [-0.15, -0.1) is 0 Å². The summed E-state index contributed by atoms with van der Waals surface area (Å²) >= 11 is 10.7. The van der Waals surface area contributed by atoms with E-state index in [-0.39, 0.29) is 0 Å². The summed E-state index contributed by atoms with van der Waals surface area (Å²) in [5.41, 5.74) is -2.10. The molecule has 0 spiro atoms. The molecule has 0 amide bonds. The van der Waals surface area contributed by atoms with Crippen LogP contribution >= 0.6 is 36.2 Å². The van der Waals surface area contributed by atoms with Crippen LogP contribution in [0.1, 0.15) is 12.8 Å². The Kier molecular flexibility index (Phi) is 6.59. The standard InChI is InChI=1S/C16H10N4O2S3/c21-9-17-15(19-11-23)5-1-13(2-6-15)25-14-3-7-16(8-4-14,18-10-22)20-12-24/h1-5,7H,6,8H2. The average Bonchev–Trinajstić information content (AvgIpc) is 2.60. The van der Waals surface area contributed by atoms with Gasteiger partial charge in [0.1, 0.15) is 0 Å². The summed E-state index contributed by atoms with van der Waals surface area (Å²) in [5.74, 6) is 0. The van der Waals surface area contributed by atoms with E-state index in [2.05, 4.69) is 54.7 Å². The number of thiocarbonyl (C=S) groups is 2. The van der Waals surface area contributed by atoms with Gasteiger partial charge in [0, 0.05) is 22.7 Å². The van der Waals surface area contributed by atoms with Crippen molar-refractivity contribution in [1.82, 2.24) is 0 Å². The van der Waals surface area contributed by atoms with E-state index in [0.29, 0.717) is 12.8 Å². The molecule has 0 saturated carbocycles. The van der Waals surface area contributed by atoms with Crippen molar-refractivity contribution in [2.45, 2.75) is 24.2 Å². The molecule has 0 N–H and O–H groups in total. The molecular formula is C16H10N4O2S3. The van der Waals surface area contributed by atoms with Gasteiger partial charge in [-0.05, 0) is 48.7 Å². The van der Waals surface area contributed by atoms with Gasteiger partial charge >= 0.3 is 0 Å². The van der Waals surface area contributed by atoms with Crippen LogP contribution in [0.5, 0.6) is 0 Å². The van der Waals surface area contributed by atoms with Crippen molar-refractivity contribution >= 4 is 58.7 Å². The molecule has 0 fully saturated rings. The van der Waals surface area contributed by atoms with Gasteiger partial charge in [-0.2, -0.15) is 20.0 Å². The molecular weight excluding hydrogens is 376 g/mol. The predicted octanol–water partition coefficient (Wildman–Crippen LogP) is 3.68. The highest BCUT2D eigenvalue weighted by Gasteiger charge is 2.29. The molecule has 2 aliphatic rings. The summed E-state index contributed by atoms with van der Waals surface area (Å²) in [7, 11) is 0. The van der Waals surface area contributed by atoms with Crippen LogP contribution in [0.3, 0.4) is 0 Å². The first-order chi connectivity index (χ1) is 12.1. The summed E-state index contributed by atoms with van der Waals surface area (Å²) in [6.07, 6.45) is 14.6. The second-order valence-electron chi connectivity index (χ2n) is 4.96. The van der Waals surface area contributed by atoms with Gasteiger partial charge in [0.05, 0.1) is 10.3 Å². The first-order valence-electron chi connectivity index (χ1n) is 6.94. The van der Waals surface area contributed by atoms with E-state index in [1.165, 1.54) is 23.9 Å². The highest BCUT2D eigenvalue weighted by molar-refractivity contribution is 8.07. The van der Waals surface area contributed by atoms with E-state index >= 15 is 0 Å². The second kappa shape index (κ2) is 8.67. The van der Waals surface area contributed by atoms with Gasteiger partial charge in [-0.3, -0.25) is 0 Å². The van der Waals surface area contributed by atoms with Gasteiger partial charge in [0.15, 0.2) is 11.3 Å². The summed E-state index contributed by atoms with van der Waals surface area (Å²) in [4.78, 5) is 38.3. The van der Waals surface area contributed by atoms with Crippen LogP contribution < -0.4 is 0 Å². The molecule has 2 unspecified atom stereocenters. The van der Waals surface area contributed by atoms with Crippen LogP contribution in [0.25, 0.3) is 0 Å². The van der Waals surface area contributed by atoms with Crippen LogP contribution in [-0.2, 0) is 9.59 Å². The molecule has 0 heterocycles. The monoisotopic (exact) mass is 386 g/mol. The lowest BCUT2D eigenvalue weighted by molar-refractivity contribution is 0.528. The Labute approximate surface area is 158 Å². The molecule has 124 valence electrons. The third-order valence-electron chi connectivity index (χ3n) is 3.43. The highest BCUT2D eigenvalue weighted by Crippen LogP contribution is 2.37. The molecule has 2 aliphatic carbocycles. The number of aliphatic imine (C=N–C) groups is 4. The fourth-order valence-corrected chi connectivity index (χ4v) is 3.38. The third-order valence-corrected chi connectivity index (χ3v) is 4.69. The van der Waals surface area contributed by atoms with Crippen LogP contribution in [0.4, 0.5) is 0 Å². The quantitative estimate of drug-likeness (QED) is 0.395. The van der Waals surface area contributed by atoms with E-state index in [1.54, 1.807) is 24.3 Å². The minimum absolute atomic E-state index is 0.385. The Morgan fingerprint density at radius 3 is 1.56 bits per heavy atom. The number of rotatable bonds is 6. The van der Waals surface area contributed by atoms with E-state index < -0.39 is 11.3 Å². The molecule has 0 aromatic rings. The maximum absolute atomic E-state index is 10.6. The number of hydrogen-bond acceptors (Lipinski definition) is 9. The SMILES string of the molecule is O=C=NC1(N=C=S)C=CC(SC2=CCC(N=C=O)(N=C=S)C=C2)=CC1. The fraction of sp³-hybridized carbons (Fsp3) is 0.250. The molecule has 0 bridgehead atoms. The molecule has 0 radical (unpaired) electrons. The molecule has 25 heavy (non-hydrogen) atoms. The fourth-order valence-electron chi connectivity index (χ4n) is 2.19. The van der Waals surface area contributed by atoms with E-state index in [0.717, 1.165) is 9.81 Å². The van der Waals surface area contributed by atoms with Crippen molar-refractivity contribution in [3.8, 4) is 0 Å². The number of carbonyl (C=O) groups excluding carboxylic acids is 2. The van der Waals surface area contributed by atoms with Crippen molar-refractivity contribution in [2.75, 3.05) is 0 Å². The van der Waals surface area contributed by atoms with Gasteiger partial charge in [-0.1, -0.05) is 23.9 Å².